The minimum Gasteiger partial charge on any atom is -0.440 e. The number of halogens is 1. The molecule has 22 heavy (non-hydrogen) atoms. The zero-order chi connectivity index (χ0) is 15.7. The average molecular weight is 324 g/mol. The normalized spacial score (nSPS) is 18.4. The van der Waals surface area contributed by atoms with Gasteiger partial charge in [0.25, 0.3) is 11.8 Å². The van der Waals surface area contributed by atoms with Crippen molar-refractivity contribution in [2.45, 2.75) is 18.9 Å². The van der Waals surface area contributed by atoms with Crippen LogP contribution in [0.2, 0.25) is 5.22 Å². The van der Waals surface area contributed by atoms with E-state index in [1.807, 2.05) is 0 Å². The molecule has 0 spiro atoms. The first kappa shape index (κ1) is 14.6. The van der Waals surface area contributed by atoms with Crippen LogP contribution in [0.25, 0.3) is 0 Å². The van der Waals surface area contributed by atoms with Crippen molar-refractivity contribution >= 4 is 23.4 Å². The molecular weight excluding hydrogens is 310 g/mol. The summed E-state index contributed by atoms with van der Waals surface area (Å²) in [6, 6.07) is 3.03. The van der Waals surface area contributed by atoms with Crippen molar-refractivity contribution in [3.8, 4) is 0 Å². The second kappa shape index (κ2) is 5.80. The van der Waals surface area contributed by atoms with Crippen molar-refractivity contribution in [2.75, 3.05) is 13.1 Å². The Kier molecular flexibility index (Phi) is 3.84. The van der Waals surface area contributed by atoms with Crippen molar-refractivity contribution in [3.05, 3.63) is 35.3 Å². The third kappa shape index (κ3) is 2.82. The molecule has 3 heterocycles. The van der Waals surface area contributed by atoms with Crippen LogP contribution in [0.3, 0.4) is 0 Å². The molecule has 1 fully saturated rings. The standard InChI is InChI=1S/C13H14ClN5O3/c14-10-4-3-9(22-10)13(21)18-5-1-2-8(6-18)19-7-16-12(17-19)11(15)20/h3-4,7-8H,1-2,5-6H2,(H2,15,20). The predicted octanol–water partition coefficient (Wildman–Crippen LogP) is 1.10. The summed E-state index contributed by atoms with van der Waals surface area (Å²) in [7, 11) is 0. The number of furan rings is 1. The van der Waals surface area contributed by atoms with Gasteiger partial charge in [0.05, 0.1) is 6.04 Å². The van der Waals surface area contributed by atoms with Gasteiger partial charge in [-0.25, -0.2) is 9.67 Å². The zero-order valence-electron chi connectivity index (χ0n) is 11.6. The summed E-state index contributed by atoms with van der Waals surface area (Å²) in [5.41, 5.74) is 5.14. The van der Waals surface area contributed by atoms with Gasteiger partial charge in [0.15, 0.2) is 11.0 Å². The largest absolute Gasteiger partial charge is 0.440 e. The molecule has 0 aromatic carbocycles. The van der Waals surface area contributed by atoms with Crippen LogP contribution in [-0.4, -0.2) is 44.6 Å². The summed E-state index contributed by atoms with van der Waals surface area (Å²) in [6.07, 6.45) is 3.11. The fourth-order valence-corrected chi connectivity index (χ4v) is 2.65. The van der Waals surface area contributed by atoms with Crippen molar-refractivity contribution in [1.82, 2.24) is 19.7 Å². The highest BCUT2D eigenvalue weighted by Gasteiger charge is 2.28. The lowest BCUT2D eigenvalue weighted by Crippen LogP contribution is -2.40. The summed E-state index contributed by atoms with van der Waals surface area (Å²) < 4.78 is 6.73. The number of likely N-dealkylation sites (tertiary alicyclic amines) is 1. The van der Waals surface area contributed by atoms with E-state index in [0.717, 1.165) is 12.8 Å². The molecule has 0 bridgehead atoms. The molecule has 116 valence electrons. The number of piperidine rings is 1. The first-order valence-corrected chi connectivity index (χ1v) is 7.18. The Morgan fingerprint density at radius 1 is 1.41 bits per heavy atom. The van der Waals surface area contributed by atoms with E-state index in [1.54, 1.807) is 15.6 Å². The molecule has 2 aromatic heterocycles. The molecule has 8 nitrogen and oxygen atoms in total. The highest BCUT2D eigenvalue weighted by molar-refractivity contribution is 6.29. The molecule has 0 saturated carbocycles. The molecule has 3 rings (SSSR count). The molecule has 2 amide bonds. The number of amides is 2. The fraction of sp³-hybridized carbons (Fsp3) is 0.385. The van der Waals surface area contributed by atoms with Crippen molar-refractivity contribution in [3.63, 3.8) is 0 Å². The lowest BCUT2D eigenvalue weighted by molar-refractivity contribution is 0.0640. The van der Waals surface area contributed by atoms with Crippen LogP contribution in [0, 0.1) is 0 Å². The van der Waals surface area contributed by atoms with Gasteiger partial charge in [-0.2, -0.15) is 0 Å². The van der Waals surface area contributed by atoms with E-state index >= 15 is 0 Å². The number of rotatable bonds is 3. The van der Waals surface area contributed by atoms with Crippen LogP contribution in [0.1, 0.15) is 40.1 Å². The number of carbonyl (C=O) groups is 2. The molecule has 1 atom stereocenters. The quantitative estimate of drug-likeness (QED) is 0.910. The smallest absolute Gasteiger partial charge is 0.289 e. The summed E-state index contributed by atoms with van der Waals surface area (Å²) >= 11 is 5.70. The van der Waals surface area contributed by atoms with Gasteiger partial charge in [-0.3, -0.25) is 9.59 Å². The molecule has 2 aromatic rings. The van der Waals surface area contributed by atoms with E-state index in [4.69, 9.17) is 21.8 Å². The molecule has 1 aliphatic heterocycles. The van der Waals surface area contributed by atoms with Gasteiger partial charge in [-0.05, 0) is 36.6 Å². The van der Waals surface area contributed by atoms with Gasteiger partial charge in [-0.1, -0.05) is 0 Å². The van der Waals surface area contributed by atoms with Crippen molar-refractivity contribution in [1.29, 1.82) is 0 Å². The van der Waals surface area contributed by atoms with E-state index < -0.39 is 5.91 Å². The first-order valence-electron chi connectivity index (χ1n) is 6.80. The maximum Gasteiger partial charge on any atom is 0.289 e. The van der Waals surface area contributed by atoms with Crippen LogP contribution >= 0.6 is 11.6 Å². The number of carbonyl (C=O) groups excluding carboxylic acids is 2. The second-order valence-electron chi connectivity index (χ2n) is 5.06. The number of hydrogen-bond donors (Lipinski definition) is 1. The third-order valence-corrected chi connectivity index (χ3v) is 3.77. The molecule has 2 N–H and O–H groups in total. The Hall–Kier alpha value is -2.35. The van der Waals surface area contributed by atoms with E-state index in [2.05, 4.69) is 10.1 Å². The van der Waals surface area contributed by atoms with Crippen LogP contribution in [0.15, 0.2) is 22.9 Å². The maximum absolute atomic E-state index is 12.4. The summed E-state index contributed by atoms with van der Waals surface area (Å²) in [4.78, 5) is 28.9. The Morgan fingerprint density at radius 3 is 2.86 bits per heavy atom. The van der Waals surface area contributed by atoms with Crippen molar-refractivity contribution < 1.29 is 14.0 Å². The molecule has 9 heteroatoms. The molecular formula is C13H14ClN5O3. The van der Waals surface area contributed by atoms with Gasteiger partial charge in [-0.15, -0.1) is 5.10 Å². The Bertz CT molecular complexity index is 710. The Morgan fingerprint density at radius 2 is 2.23 bits per heavy atom. The molecule has 1 unspecified atom stereocenters. The summed E-state index contributed by atoms with van der Waals surface area (Å²) in [5, 5.41) is 4.23. The number of nitrogens with zero attached hydrogens (tertiary/aromatic N) is 4. The number of aromatic nitrogens is 3. The summed E-state index contributed by atoms with van der Waals surface area (Å²) in [5.74, 6) is -0.706. The minimum atomic E-state index is -0.673. The van der Waals surface area contributed by atoms with E-state index in [0.29, 0.717) is 13.1 Å². The summed E-state index contributed by atoms with van der Waals surface area (Å²) in [6.45, 7) is 1.09. The first-order chi connectivity index (χ1) is 10.5. The molecule has 0 radical (unpaired) electrons. The van der Waals surface area contributed by atoms with Gasteiger partial charge < -0.3 is 15.1 Å². The Labute approximate surface area is 130 Å². The van der Waals surface area contributed by atoms with Crippen LogP contribution < -0.4 is 5.73 Å². The third-order valence-electron chi connectivity index (χ3n) is 3.57. The second-order valence-corrected chi connectivity index (χ2v) is 5.44. The Balaban J connectivity index is 1.73. The molecule has 1 saturated heterocycles. The number of hydrogen-bond acceptors (Lipinski definition) is 5. The maximum atomic E-state index is 12.4. The van der Waals surface area contributed by atoms with Gasteiger partial charge in [0.1, 0.15) is 6.33 Å². The molecule has 0 aliphatic carbocycles. The SMILES string of the molecule is NC(=O)c1ncn(C2CCCN(C(=O)c3ccc(Cl)o3)C2)n1. The van der Waals surface area contributed by atoms with Gasteiger partial charge in [0, 0.05) is 13.1 Å². The monoisotopic (exact) mass is 323 g/mol. The average Bonchev–Trinajstić information content (AvgIpc) is 3.15. The van der Waals surface area contributed by atoms with E-state index in [1.165, 1.54) is 12.4 Å². The number of primary amides is 1. The lowest BCUT2D eigenvalue weighted by atomic mass is 10.1. The van der Waals surface area contributed by atoms with Crippen LogP contribution in [0.4, 0.5) is 0 Å². The van der Waals surface area contributed by atoms with Crippen molar-refractivity contribution in [2.24, 2.45) is 5.73 Å². The van der Waals surface area contributed by atoms with Gasteiger partial charge in [0.2, 0.25) is 5.82 Å². The number of nitrogens with two attached hydrogens (primary N) is 1. The highest BCUT2D eigenvalue weighted by atomic mass is 35.5. The fourth-order valence-electron chi connectivity index (χ4n) is 2.50. The highest BCUT2D eigenvalue weighted by Crippen LogP contribution is 2.23. The minimum absolute atomic E-state index is 0.0266. The molecule has 1 aliphatic rings. The van der Waals surface area contributed by atoms with Gasteiger partial charge >= 0.3 is 0 Å². The zero-order valence-corrected chi connectivity index (χ0v) is 12.4. The topological polar surface area (TPSA) is 107 Å². The van der Waals surface area contributed by atoms with Crippen LogP contribution in [-0.2, 0) is 0 Å². The van der Waals surface area contributed by atoms with E-state index in [-0.39, 0.29) is 28.8 Å². The van der Waals surface area contributed by atoms with E-state index in [9.17, 15) is 9.59 Å². The predicted molar refractivity (Wildman–Crippen MR) is 76.4 cm³/mol. The lowest BCUT2D eigenvalue weighted by Gasteiger charge is -2.32. The van der Waals surface area contributed by atoms with Crippen LogP contribution in [0.5, 0.6) is 0 Å².